The van der Waals surface area contributed by atoms with Gasteiger partial charge in [-0.1, -0.05) is 18.2 Å². The largest absolute Gasteiger partial charge is 0.461 e. The summed E-state index contributed by atoms with van der Waals surface area (Å²) in [4.78, 5) is 3.49. The second-order valence-corrected chi connectivity index (χ2v) is 5.78. The van der Waals surface area contributed by atoms with Crippen LogP contribution >= 0.6 is 0 Å². The van der Waals surface area contributed by atoms with Gasteiger partial charge in [-0.05, 0) is 31.4 Å². The molecule has 4 aromatic rings. The topological polar surface area (TPSA) is 28.9 Å². The van der Waals surface area contributed by atoms with Crippen LogP contribution in [0.3, 0.4) is 0 Å². The van der Waals surface area contributed by atoms with Gasteiger partial charge >= 0.3 is 0 Å². The highest BCUT2D eigenvalue weighted by molar-refractivity contribution is 6.11. The number of nitrogens with one attached hydrogen (secondary N) is 1. The molecule has 0 bridgehead atoms. The molecule has 0 unspecified atom stereocenters. The maximum Gasteiger partial charge on any atom is 0.136 e. The zero-order chi connectivity index (χ0) is 13.1. The van der Waals surface area contributed by atoms with Crippen LogP contribution in [-0.2, 0) is 12.8 Å². The lowest BCUT2D eigenvalue weighted by atomic mass is 9.95. The Morgan fingerprint density at radius 3 is 2.75 bits per heavy atom. The normalized spacial score (nSPS) is 15.2. The van der Waals surface area contributed by atoms with Crippen molar-refractivity contribution in [2.75, 3.05) is 0 Å². The van der Waals surface area contributed by atoms with Gasteiger partial charge in [0.05, 0.1) is 5.52 Å². The summed E-state index contributed by atoms with van der Waals surface area (Å²) in [5, 5.41) is 3.93. The first-order chi connectivity index (χ1) is 9.90. The maximum atomic E-state index is 6.07. The van der Waals surface area contributed by atoms with E-state index in [0.717, 1.165) is 18.4 Å². The molecule has 2 heterocycles. The lowest BCUT2D eigenvalue weighted by Crippen LogP contribution is -1.98. The van der Waals surface area contributed by atoms with Crippen LogP contribution in [0.2, 0.25) is 0 Å². The van der Waals surface area contributed by atoms with Crippen LogP contribution in [0.4, 0.5) is 0 Å². The molecule has 0 amide bonds. The molecule has 2 heteroatoms. The first-order valence-corrected chi connectivity index (χ1v) is 7.35. The van der Waals surface area contributed by atoms with Crippen molar-refractivity contribution < 1.29 is 4.42 Å². The predicted octanol–water partition coefficient (Wildman–Crippen LogP) is 4.95. The minimum absolute atomic E-state index is 1.04. The predicted molar refractivity (Wildman–Crippen MR) is 82.2 cm³/mol. The average molecular weight is 261 g/mol. The molecule has 2 nitrogen and oxygen atoms in total. The second-order valence-electron chi connectivity index (χ2n) is 5.78. The van der Waals surface area contributed by atoms with Gasteiger partial charge < -0.3 is 9.40 Å². The van der Waals surface area contributed by atoms with Gasteiger partial charge in [0, 0.05) is 39.7 Å². The first-order valence-electron chi connectivity index (χ1n) is 7.35. The molecule has 0 fully saturated rings. The van der Waals surface area contributed by atoms with E-state index in [9.17, 15) is 0 Å². The Labute approximate surface area is 116 Å². The fraction of sp³-hybridized carbons (Fsp3) is 0.222. The molecule has 0 atom stereocenters. The van der Waals surface area contributed by atoms with Crippen molar-refractivity contribution in [3.63, 3.8) is 0 Å². The highest BCUT2D eigenvalue weighted by Gasteiger charge is 2.18. The molecule has 98 valence electrons. The Kier molecular flexibility index (Phi) is 1.93. The van der Waals surface area contributed by atoms with E-state index in [2.05, 4.69) is 41.4 Å². The van der Waals surface area contributed by atoms with Crippen LogP contribution in [0.1, 0.15) is 24.2 Å². The van der Waals surface area contributed by atoms with Crippen molar-refractivity contribution in [1.82, 2.24) is 4.98 Å². The highest BCUT2D eigenvalue weighted by atomic mass is 16.3. The van der Waals surface area contributed by atoms with Crippen LogP contribution in [-0.4, -0.2) is 4.98 Å². The van der Waals surface area contributed by atoms with Gasteiger partial charge in [-0.25, -0.2) is 0 Å². The van der Waals surface area contributed by atoms with Crippen LogP contribution in [0, 0.1) is 0 Å². The summed E-state index contributed by atoms with van der Waals surface area (Å²) in [5.74, 6) is 1.21. The summed E-state index contributed by atoms with van der Waals surface area (Å²) in [6.45, 7) is 0. The highest BCUT2D eigenvalue weighted by Crippen LogP contribution is 2.36. The summed E-state index contributed by atoms with van der Waals surface area (Å²) in [6, 6.07) is 13.0. The molecule has 0 aliphatic heterocycles. The monoisotopic (exact) mass is 261 g/mol. The molecule has 2 aromatic heterocycles. The van der Waals surface area contributed by atoms with E-state index in [4.69, 9.17) is 4.42 Å². The molecule has 2 aromatic carbocycles. The molecule has 20 heavy (non-hydrogen) atoms. The van der Waals surface area contributed by atoms with Gasteiger partial charge in [0.15, 0.2) is 0 Å². The van der Waals surface area contributed by atoms with Crippen molar-refractivity contribution in [1.29, 1.82) is 0 Å². The number of H-pyrrole nitrogens is 1. The van der Waals surface area contributed by atoms with E-state index < -0.39 is 0 Å². The number of aromatic amines is 1. The van der Waals surface area contributed by atoms with Crippen LogP contribution in [0.25, 0.3) is 32.8 Å². The number of benzene rings is 2. The van der Waals surface area contributed by atoms with E-state index in [1.807, 2.05) is 0 Å². The minimum Gasteiger partial charge on any atom is -0.461 e. The number of aromatic nitrogens is 1. The number of rotatable bonds is 0. The van der Waals surface area contributed by atoms with Crippen molar-refractivity contribution in [3.05, 3.63) is 47.7 Å². The van der Waals surface area contributed by atoms with E-state index in [1.165, 1.54) is 51.4 Å². The quantitative estimate of drug-likeness (QED) is 0.477. The summed E-state index contributed by atoms with van der Waals surface area (Å²) in [6.07, 6.45) is 4.80. The fourth-order valence-electron chi connectivity index (χ4n) is 3.61. The van der Waals surface area contributed by atoms with Crippen LogP contribution in [0.5, 0.6) is 0 Å². The molecule has 1 aliphatic rings. The fourth-order valence-corrected chi connectivity index (χ4v) is 3.61. The van der Waals surface area contributed by atoms with Gasteiger partial charge in [-0.3, -0.25) is 0 Å². The lowest BCUT2D eigenvalue weighted by molar-refractivity contribution is 0.506. The van der Waals surface area contributed by atoms with E-state index in [1.54, 1.807) is 0 Å². The van der Waals surface area contributed by atoms with Gasteiger partial charge in [0.2, 0.25) is 0 Å². The Hall–Kier alpha value is -2.22. The van der Waals surface area contributed by atoms with E-state index in [0.29, 0.717) is 0 Å². The number of hydrogen-bond acceptors (Lipinski definition) is 1. The van der Waals surface area contributed by atoms with Gasteiger partial charge in [-0.15, -0.1) is 0 Å². The number of aryl methyl sites for hydroxylation is 2. The molecule has 1 N–H and O–H groups in total. The lowest BCUT2D eigenvalue weighted by Gasteiger charge is -2.08. The smallest absolute Gasteiger partial charge is 0.136 e. The molecule has 5 rings (SSSR count). The number of furan rings is 1. The molecule has 0 radical (unpaired) electrons. The zero-order valence-corrected chi connectivity index (χ0v) is 11.2. The Morgan fingerprint density at radius 2 is 1.75 bits per heavy atom. The number of hydrogen-bond donors (Lipinski definition) is 1. The SMILES string of the molecule is c1ccc2c(c1)[nH]c1cc3oc4c(c3cc12)CCCC4. The third-order valence-corrected chi connectivity index (χ3v) is 4.58. The molecular formula is C18H15NO. The number of fused-ring (bicyclic) bond motifs is 6. The van der Waals surface area contributed by atoms with Crippen molar-refractivity contribution in [3.8, 4) is 0 Å². The molecular weight excluding hydrogens is 246 g/mol. The summed E-state index contributed by atoms with van der Waals surface area (Å²) in [7, 11) is 0. The third-order valence-electron chi connectivity index (χ3n) is 4.58. The van der Waals surface area contributed by atoms with Crippen molar-refractivity contribution in [2.24, 2.45) is 0 Å². The number of para-hydroxylation sites is 1. The average Bonchev–Trinajstić information content (AvgIpc) is 3.02. The van der Waals surface area contributed by atoms with Gasteiger partial charge in [-0.2, -0.15) is 0 Å². The first kappa shape index (κ1) is 10.6. The molecule has 0 saturated carbocycles. The zero-order valence-electron chi connectivity index (χ0n) is 11.2. The van der Waals surface area contributed by atoms with Gasteiger partial charge in [0.25, 0.3) is 0 Å². The minimum atomic E-state index is 1.04. The molecule has 1 aliphatic carbocycles. The van der Waals surface area contributed by atoms with Crippen molar-refractivity contribution in [2.45, 2.75) is 25.7 Å². The van der Waals surface area contributed by atoms with E-state index >= 15 is 0 Å². The standard InChI is InChI=1S/C18H15NO/c1-3-7-15-11(5-1)13-9-14-12-6-2-4-8-17(12)20-18(14)10-16(13)19-15/h1,3,5,7,9-10,19H,2,4,6,8H2. The van der Waals surface area contributed by atoms with Crippen molar-refractivity contribution >= 4 is 32.8 Å². The Bertz CT molecular complexity index is 958. The van der Waals surface area contributed by atoms with E-state index in [-0.39, 0.29) is 0 Å². The Balaban J connectivity index is 1.94. The molecule has 0 saturated heterocycles. The van der Waals surface area contributed by atoms with Crippen LogP contribution in [0.15, 0.2) is 40.8 Å². The summed E-state index contributed by atoms with van der Waals surface area (Å²) < 4.78 is 6.07. The Morgan fingerprint density at radius 1 is 0.850 bits per heavy atom. The maximum absolute atomic E-state index is 6.07. The summed E-state index contributed by atoms with van der Waals surface area (Å²) >= 11 is 0. The second kappa shape index (κ2) is 3.66. The van der Waals surface area contributed by atoms with Crippen LogP contribution < -0.4 is 0 Å². The van der Waals surface area contributed by atoms with Gasteiger partial charge in [0.1, 0.15) is 11.3 Å². The third kappa shape index (κ3) is 1.29. The summed E-state index contributed by atoms with van der Waals surface area (Å²) in [5.41, 5.74) is 4.85. The molecule has 0 spiro atoms.